The molecule has 1 aromatic rings. The number of anilines is 1. The highest BCUT2D eigenvalue weighted by Gasteiger charge is 2.19. The molecule has 1 heterocycles. The van der Waals surface area contributed by atoms with E-state index in [0.717, 1.165) is 0 Å². The standard InChI is InChI=1S/C10H17N3O4S/c1-4-18(16,17)6-5-11-9-8(10(14)15)7(2)12-13(9)3/h11H,4-6H2,1-3H3,(H,14,15). The number of sulfone groups is 1. The summed E-state index contributed by atoms with van der Waals surface area (Å²) in [6.45, 7) is 3.33. The van der Waals surface area contributed by atoms with Crippen LogP contribution in [0.5, 0.6) is 0 Å². The smallest absolute Gasteiger partial charge is 0.341 e. The van der Waals surface area contributed by atoms with Gasteiger partial charge in [-0.05, 0) is 6.92 Å². The second-order valence-corrected chi connectivity index (χ2v) is 6.37. The molecule has 102 valence electrons. The van der Waals surface area contributed by atoms with E-state index in [4.69, 9.17) is 5.11 Å². The van der Waals surface area contributed by atoms with E-state index in [1.165, 1.54) is 4.68 Å². The second kappa shape index (κ2) is 5.38. The summed E-state index contributed by atoms with van der Waals surface area (Å²) in [6.07, 6.45) is 0. The van der Waals surface area contributed by atoms with Gasteiger partial charge in [0.05, 0.1) is 11.4 Å². The minimum atomic E-state index is -3.07. The zero-order chi connectivity index (χ0) is 13.9. The Labute approximate surface area is 106 Å². The Bertz CT molecular complexity index is 548. The molecule has 1 aromatic heterocycles. The van der Waals surface area contributed by atoms with Crippen LogP contribution >= 0.6 is 0 Å². The molecule has 0 atom stereocenters. The lowest BCUT2D eigenvalue weighted by Gasteiger charge is -2.07. The molecule has 0 unspecified atom stereocenters. The highest BCUT2D eigenvalue weighted by Crippen LogP contribution is 2.18. The van der Waals surface area contributed by atoms with Gasteiger partial charge in [0, 0.05) is 19.3 Å². The summed E-state index contributed by atoms with van der Waals surface area (Å²) < 4.78 is 24.0. The molecule has 2 N–H and O–H groups in total. The maximum atomic E-state index is 11.3. The number of carboxylic acids is 1. The number of carboxylic acid groups (broad SMARTS) is 1. The topological polar surface area (TPSA) is 101 Å². The van der Waals surface area contributed by atoms with Crippen molar-refractivity contribution in [2.45, 2.75) is 13.8 Å². The molecule has 0 radical (unpaired) electrons. The van der Waals surface area contributed by atoms with E-state index in [-0.39, 0.29) is 23.6 Å². The number of aromatic carboxylic acids is 1. The monoisotopic (exact) mass is 275 g/mol. The maximum Gasteiger partial charge on any atom is 0.341 e. The third-order valence-electron chi connectivity index (χ3n) is 2.58. The zero-order valence-electron chi connectivity index (χ0n) is 10.6. The van der Waals surface area contributed by atoms with Crippen molar-refractivity contribution in [2.75, 3.05) is 23.4 Å². The van der Waals surface area contributed by atoms with E-state index in [9.17, 15) is 13.2 Å². The fourth-order valence-corrected chi connectivity index (χ4v) is 2.29. The van der Waals surface area contributed by atoms with Crippen LogP contribution in [0.3, 0.4) is 0 Å². The van der Waals surface area contributed by atoms with E-state index < -0.39 is 15.8 Å². The van der Waals surface area contributed by atoms with Crippen LogP contribution in [0.25, 0.3) is 0 Å². The Balaban J connectivity index is 2.83. The van der Waals surface area contributed by atoms with Gasteiger partial charge < -0.3 is 10.4 Å². The first-order valence-electron chi connectivity index (χ1n) is 5.49. The fraction of sp³-hybridized carbons (Fsp3) is 0.600. The van der Waals surface area contributed by atoms with Crippen molar-refractivity contribution in [3.05, 3.63) is 11.3 Å². The number of hydrogen-bond donors (Lipinski definition) is 2. The van der Waals surface area contributed by atoms with Gasteiger partial charge in [0.1, 0.15) is 11.4 Å². The van der Waals surface area contributed by atoms with Crippen molar-refractivity contribution in [1.29, 1.82) is 0 Å². The Hall–Kier alpha value is -1.57. The van der Waals surface area contributed by atoms with Gasteiger partial charge >= 0.3 is 5.97 Å². The molecule has 0 aromatic carbocycles. The molecule has 0 bridgehead atoms. The summed E-state index contributed by atoms with van der Waals surface area (Å²) in [5.41, 5.74) is 0.470. The molecule has 1 rings (SSSR count). The molecule has 7 nitrogen and oxygen atoms in total. The molecule has 8 heteroatoms. The minimum absolute atomic E-state index is 0.0349. The van der Waals surface area contributed by atoms with Crippen LogP contribution in [0.1, 0.15) is 23.0 Å². The lowest BCUT2D eigenvalue weighted by Crippen LogP contribution is -2.19. The van der Waals surface area contributed by atoms with Gasteiger partial charge in [0.15, 0.2) is 9.84 Å². The number of rotatable bonds is 6. The number of carbonyl (C=O) groups is 1. The summed E-state index contributed by atoms with van der Waals surface area (Å²) in [4.78, 5) is 11.1. The van der Waals surface area contributed by atoms with Crippen molar-refractivity contribution in [3.63, 3.8) is 0 Å². The second-order valence-electron chi connectivity index (χ2n) is 3.90. The van der Waals surface area contributed by atoms with E-state index in [0.29, 0.717) is 11.5 Å². The van der Waals surface area contributed by atoms with Gasteiger partial charge in [-0.15, -0.1) is 0 Å². The average molecular weight is 275 g/mol. The molecule has 0 aliphatic rings. The lowest BCUT2D eigenvalue weighted by atomic mass is 10.2. The zero-order valence-corrected chi connectivity index (χ0v) is 11.4. The predicted molar refractivity (Wildman–Crippen MR) is 67.7 cm³/mol. The Kier molecular flexibility index (Phi) is 4.33. The van der Waals surface area contributed by atoms with E-state index >= 15 is 0 Å². The van der Waals surface area contributed by atoms with Gasteiger partial charge in [-0.2, -0.15) is 5.10 Å². The Morgan fingerprint density at radius 3 is 2.61 bits per heavy atom. The van der Waals surface area contributed by atoms with E-state index in [2.05, 4.69) is 10.4 Å². The number of nitrogens with zero attached hydrogens (tertiary/aromatic N) is 2. The van der Waals surface area contributed by atoms with Gasteiger partial charge in [0.25, 0.3) is 0 Å². The number of aromatic nitrogens is 2. The van der Waals surface area contributed by atoms with Gasteiger partial charge in [-0.25, -0.2) is 13.2 Å². The summed E-state index contributed by atoms with van der Waals surface area (Å²) in [7, 11) is -1.46. The Morgan fingerprint density at radius 1 is 1.50 bits per heavy atom. The fourth-order valence-electron chi connectivity index (χ4n) is 1.59. The number of nitrogens with one attached hydrogen (secondary N) is 1. The minimum Gasteiger partial charge on any atom is -0.477 e. The highest BCUT2D eigenvalue weighted by atomic mass is 32.2. The van der Waals surface area contributed by atoms with Crippen molar-refractivity contribution in [3.8, 4) is 0 Å². The normalized spacial score (nSPS) is 11.5. The summed E-state index contributed by atoms with van der Waals surface area (Å²) >= 11 is 0. The summed E-state index contributed by atoms with van der Waals surface area (Å²) in [6, 6.07) is 0. The number of aryl methyl sites for hydroxylation is 2. The van der Waals surface area contributed by atoms with Crippen molar-refractivity contribution < 1.29 is 18.3 Å². The molecule has 0 fully saturated rings. The van der Waals surface area contributed by atoms with Crippen LogP contribution in [-0.4, -0.2) is 47.3 Å². The van der Waals surface area contributed by atoms with E-state index in [1.54, 1.807) is 20.9 Å². The molecule has 0 spiro atoms. The largest absolute Gasteiger partial charge is 0.477 e. The van der Waals surface area contributed by atoms with Crippen LogP contribution in [0.2, 0.25) is 0 Å². The SMILES string of the molecule is CCS(=O)(=O)CCNc1c(C(=O)O)c(C)nn1C. The van der Waals surface area contributed by atoms with Crippen LogP contribution in [0, 0.1) is 6.92 Å². The Morgan fingerprint density at radius 2 is 2.11 bits per heavy atom. The maximum absolute atomic E-state index is 11.3. The van der Waals surface area contributed by atoms with E-state index in [1.807, 2.05) is 0 Å². The van der Waals surface area contributed by atoms with Crippen LogP contribution < -0.4 is 5.32 Å². The van der Waals surface area contributed by atoms with Crippen molar-refractivity contribution >= 4 is 21.6 Å². The van der Waals surface area contributed by atoms with Gasteiger partial charge in [-0.1, -0.05) is 6.92 Å². The summed E-state index contributed by atoms with van der Waals surface area (Å²) in [5.74, 6) is -0.717. The molecule has 0 aliphatic carbocycles. The third kappa shape index (κ3) is 3.22. The van der Waals surface area contributed by atoms with Crippen LogP contribution in [0.4, 0.5) is 5.82 Å². The van der Waals surface area contributed by atoms with Gasteiger partial charge in [0.2, 0.25) is 0 Å². The molecular weight excluding hydrogens is 258 g/mol. The van der Waals surface area contributed by atoms with Crippen molar-refractivity contribution in [1.82, 2.24) is 9.78 Å². The molecular formula is C10H17N3O4S. The average Bonchev–Trinajstić information content (AvgIpc) is 2.53. The molecule has 0 saturated carbocycles. The van der Waals surface area contributed by atoms with Gasteiger partial charge in [-0.3, -0.25) is 4.68 Å². The van der Waals surface area contributed by atoms with Crippen LogP contribution in [0.15, 0.2) is 0 Å². The molecule has 0 saturated heterocycles. The third-order valence-corrected chi connectivity index (χ3v) is 4.29. The number of hydrogen-bond acceptors (Lipinski definition) is 5. The molecule has 18 heavy (non-hydrogen) atoms. The summed E-state index contributed by atoms with van der Waals surface area (Å²) in [5, 5.41) is 15.9. The molecule has 0 amide bonds. The highest BCUT2D eigenvalue weighted by molar-refractivity contribution is 7.91. The first-order valence-corrected chi connectivity index (χ1v) is 7.31. The first kappa shape index (κ1) is 14.5. The quantitative estimate of drug-likeness (QED) is 0.773. The first-order chi connectivity index (χ1) is 8.28. The van der Waals surface area contributed by atoms with Crippen molar-refractivity contribution in [2.24, 2.45) is 7.05 Å². The molecule has 0 aliphatic heterocycles. The van der Waals surface area contributed by atoms with Crippen LogP contribution in [-0.2, 0) is 16.9 Å². The predicted octanol–water partition coefficient (Wildman–Crippen LogP) is 0.273. The lowest BCUT2D eigenvalue weighted by molar-refractivity contribution is 0.0697.